The van der Waals surface area contributed by atoms with Crippen LogP contribution in [0.2, 0.25) is 0 Å². The second-order valence-electron chi connectivity index (χ2n) is 4.55. The van der Waals surface area contributed by atoms with Gasteiger partial charge in [0, 0.05) is 32.9 Å². The van der Waals surface area contributed by atoms with Gasteiger partial charge >= 0.3 is 0 Å². The van der Waals surface area contributed by atoms with Crippen molar-refractivity contribution in [3.8, 4) is 0 Å². The van der Waals surface area contributed by atoms with Crippen molar-refractivity contribution in [2.75, 3.05) is 42.9 Å². The highest BCUT2D eigenvalue weighted by Gasteiger charge is 2.17. The highest BCUT2D eigenvalue weighted by Crippen LogP contribution is 2.20. The Morgan fingerprint density at radius 2 is 2.17 bits per heavy atom. The molecule has 0 amide bonds. The molecule has 7 heteroatoms. The van der Waals surface area contributed by atoms with Gasteiger partial charge in [-0.1, -0.05) is 0 Å². The lowest BCUT2D eigenvalue weighted by Gasteiger charge is -2.27. The molecule has 1 aliphatic rings. The Labute approximate surface area is 106 Å². The van der Waals surface area contributed by atoms with Crippen molar-refractivity contribution >= 4 is 17.6 Å². The highest BCUT2D eigenvalue weighted by atomic mass is 16.5. The summed E-state index contributed by atoms with van der Waals surface area (Å²) in [6.45, 7) is 2.63. The lowest BCUT2D eigenvalue weighted by molar-refractivity contribution is 0.0685. The summed E-state index contributed by atoms with van der Waals surface area (Å²) < 4.78 is 5.35. The lowest BCUT2D eigenvalue weighted by atomic mass is 10.00. The fraction of sp³-hybridized carbons (Fsp3) is 0.636. The Bertz CT molecular complexity index is 393. The number of hydrogen-bond acceptors (Lipinski definition) is 7. The minimum Gasteiger partial charge on any atom is -0.381 e. The van der Waals surface area contributed by atoms with Crippen LogP contribution in [-0.4, -0.2) is 36.8 Å². The maximum Gasteiger partial charge on any atom is 0.223 e. The largest absolute Gasteiger partial charge is 0.381 e. The molecule has 0 bridgehead atoms. The van der Waals surface area contributed by atoms with E-state index in [1.54, 1.807) is 6.07 Å². The monoisotopic (exact) mass is 252 g/mol. The predicted octanol–water partition coefficient (Wildman–Crippen LogP) is 0.207. The third kappa shape index (κ3) is 3.21. The molecule has 2 heterocycles. The summed E-state index contributed by atoms with van der Waals surface area (Å²) in [5.74, 6) is 7.50. The van der Waals surface area contributed by atoms with E-state index in [2.05, 4.69) is 20.3 Å². The van der Waals surface area contributed by atoms with E-state index in [0.717, 1.165) is 38.4 Å². The Morgan fingerprint density at radius 3 is 2.83 bits per heavy atom. The summed E-state index contributed by atoms with van der Waals surface area (Å²) in [5, 5.41) is 0. The van der Waals surface area contributed by atoms with Gasteiger partial charge in [-0.25, -0.2) is 5.84 Å². The van der Waals surface area contributed by atoms with Crippen molar-refractivity contribution in [3.05, 3.63) is 6.07 Å². The van der Waals surface area contributed by atoms with Gasteiger partial charge in [0.15, 0.2) is 0 Å². The summed E-state index contributed by atoms with van der Waals surface area (Å²) in [4.78, 5) is 10.3. The van der Waals surface area contributed by atoms with Crippen LogP contribution in [-0.2, 0) is 4.74 Å². The molecule has 18 heavy (non-hydrogen) atoms. The molecule has 5 N–H and O–H groups in total. The molecular weight excluding hydrogens is 232 g/mol. The number of nitrogens with zero attached hydrogens (tertiary/aromatic N) is 3. The number of aromatic nitrogens is 2. The second kappa shape index (κ2) is 5.83. The molecule has 1 aromatic heterocycles. The molecular formula is C11H20N6O. The zero-order valence-electron chi connectivity index (χ0n) is 10.6. The molecule has 0 saturated carbocycles. The van der Waals surface area contributed by atoms with Gasteiger partial charge in [0.2, 0.25) is 5.95 Å². The quantitative estimate of drug-likeness (QED) is 0.520. The fourth-order valence-electron chi connectivity index (χ4n) is 2.13. The number of hydrogen-bond donors (Lipinski definition) is 3. The zero-order valence-corrected chi connectivity index (χ0v) is 10.6. The fourth-order valence-corrected chi connectivity index (χ4v) is 2.13. The molecule has 2 rings (SSSR count). The maximum atomic E-state index is 5.64. The number of nitrogens with two attached hydrogens (primary N) is 2. The minimum absolute atomic E-state index is 0.222. The van der Waals surface area contributed by atoms with E-state index >= 15 is 0 Å². The van der Waals surface area contributed by atoms with Gasteiger partial charge in [0.05, 0.1) is 0 Å². The van der Waals surface area contributed by atoms with Gasteiger partial charge in [-0.3, -0.25) is 0 Å². The van der Waals surface area contributed by atoms with Crippen molar-refractivity contribution in [3.63, 3.8) is 0 Å². The molecule has 1 saturated heterocycles. The molecule has 0 unspecified atom stereocenters. The molecule has 100 valence electrons. The summed E-state index contributed by atoms with van der Waals surface area (Å²) in [7, 11) is 2.00. The summed E-state index contributed by atoms with van der Waals surface area (Å²) >= 11 is 0. The van der Waals surface area contributed by atoms with Crippen LogP contribution in [0, 0.1) is 5.92 Å². The van der Waals surface area contributed by atoms with Crippen LogP contribution in [0.25, 0.3) is 0 Å². The van der Waals surface area contributed by atoms with Gasteiger partial charge in [-0.15, -0.1) is 0 Å². The Hall–Kier alpha value is -1.60. The van der Waals surface area contributed by atoms with E-state index in [9.17, 15) is 0 Å². The van der Waals surface area contributed by atoms with Crippen LogP contribution in [0.1, 0.15) is 12.8 Å². The average molecular weight is 252 g/mol. The standard InChI is InChI=1S/C11H20N6O/c1-17(7-8-2-4-18-5-3-8)10-6-9(16-13)14-11(12)15-10/h6,8H,2-5,7,13H2,1H3,(H3,12,14,15,16). The van der Waals surface area contributed by atoms with Crippen LogP contribution in [0.5, 0.6) is 0 Å². The van der Waals surface area contributed by atoms with E-state index in [1.807, 2.05) is 7.05 Å². The SMILES string of the molecule is CN(CC1CCOCC1)c1cc(NN)nc(N)n1. The average Bonchev–Trinajstić information content (AvgIpc) is 2.39. The van der Waals surface area contributed by atoms with Crippen molar-refractivity contribution in [1.29, 1.82) is 0 Å². The summed E-state index contributed by atoms with van der Waals surface area (Å²) in [5.41, 5.74) is 8.13. The summed E-state index contributed by atoms with van der Waals surface area (Å²) in [6.07, 6.45) is 2.18. The molecule has 0 aliphatic carbocycles. The van der Waals surface area contributed by atoms with E-state index in [0.29, 0.717) is 11.7 Å². The van der Waals surface area contributed by atoms with Gasteiger partial charge in [0.25, 0.3) is 0 Å². The minimum atomic E-state index is 0.222. The van der Waals surface area contributed by atoms with Crippen molar-refractivity contribution in [2.45, 2.75) is 12.8 Å². The van der Waals surface area contributed by atoms with Crippen LogP contribution in [0.4, 0.5) is 17.6 Å². The van der Waals surface area contributed by atoms with Crippen molar-refractivity contribution in [2.24, 2.45) is 11.8 Å². The molecule has 7 nitrogen and oxygen atoms in total. The first kappa shape index (κ1) is 12.8. The van der Waals surface area contributed by atoms with Crippen LogP contribution < -0.4 is 21.9 Å². The molecule has 1 fully saturated rings. The first-order chi connectivity index (χ1) is 8.69. The molecule has 0 spiro atoms. The number of rotatable bonds is 4. The van der Waals surface area contributed by atoms with Gasteiger partial charge in [0.1, 0.15) is 11.6 Å². The lowest BCUT2D eigenvalue weighted by Crippen LogP contribution is -2.30. The molecule has 0 atom stereocenters. The number of nitrogens with one attached hydrogen (secondary N) is 1. The van der Waals surface area contributed by atoms with Crippen molar-refractivity contribution < 1.29 is 4.74 Å². The Kier molecular flexibility index (Phi) is 4.16. The van der Waals surface area contributed by atoms with E-state index in [-0.39, 0.29) is 5.95 Å². The maximum absolute atomic E-state index is 5.64. The van der Waals surface area contributed by atoms with Crippen molar-refractivity contribution in [1.82, 2.24) is 9.97 Å². The third-order valence-electron chi connectivity index (χ3n) is 3.14. The normalized spacial score (nSPS) is 16.6. The third-order valence-corrected chi connectivity index (χ3v) is 3.14. The zero-order chi connectivity index (χ0) is 13.0. The summed E-state index contributed by atoms with van der Waals surface area (Å²) in [6, 6.07) is 1.79. The topological polar surface area (TPSA) is 102 Å². The molecule has 0 aromatic carbocycles. The second-order valence-corrected chi connectivity index (χ2v) is 4.55. The van der Waals surface area contributed by atoms with Crippen LogP contribution in [0.3, 0.4) is 0 Å². The van der Waals surface area contributed by atoms with Gasteiger partial charge < -0.3 is 20.8 Å². The molecule has 1 aliphatic heterocycles. The van der Waals surface area contributed by atoms with Crippen LogP contribution in [0.15, 0.2) is 6.07 Å². The Morgan fingerprint density at radius 1 is 1.44 bits per heavy atom. The first-order valence-electron chi connectivity index (χ1n) is 6.09. The number of nitrogen functional groups attached to an aromatic ring is 2. The van der Waals surface area contributed by atoms with Crippen LogP contribution >= 0.6 is 0 Å². The highest BCUT2D eigenvalue weighted by molar-refractivity contribution is 5.51. The number of anilines is 3. The number of ether oxygens (including phenoxy) is 1. The van der Waals surface area contributed by atoms with E-state index < -0.39 is 0 Å². The van der Waals surface area contributed by atoms with E-state index in [1.165, 1.54) is 0 Å². The Balaban J connectivity index is 2.02. The molecule has 0 radical (unpaired) electrons. The number of hydrazine groups is 1. The molecule has 1 aromatic rings. The van der Waals surface area contributed by atoms with Gasteiger partial charge in [-0.05, 0) is 18.8 Å². The van der Waals surface area contributed by atoms with Gasteiger partial charge in [-0.2, -0.15) is 9.97 Å². The first-order valence-corrected chi connectivity index (χ1v) is 6.09. The smallest absolute Gasteiger partial charge is 0.223 e. The predicted molar refractivity (Wildman–Crippen MR) is 71.1 cm³/mol. The van der Waals surface area contributed by atoms with E-state index in [4.69, 9.17) is 16.3 Å².